The van der Waals surface area contributed by atoms with Crippen LogP contribution in [0.5, 0.6) is 0 Å². The smallest absolute Gasteiger partial charge is 0.261 e. The Kier molecular flexibility index (Phi) is 3.46. The van der Waals surface area contributed by atoms with Crippen LogP contribution in [0.15, 0.2) is 52.0 Å². The number of rotatable bonds is 3. The van der Waals surface area contributed by atoms with Gasteiger partial charge in [-0.15, -0.1) is 0 Å². The third kappa shape index (κ3) is 2.79. The molecule has 3 aromatic rings. The number of hydrogen-bond acceptors (Lipinski definition) is 3. The van der Waals surface area contributed by atoms with Gasteiger partial charge < -0.3 is 0 Å². The molecule has 7 heteroatoms. The lowest BCUT2D eigenvalue weighted by Gasteiger charge is -2.08. The molecule has 0 aliphatic heterocycles. The molecule has 0 saturated heterocycles. The van der Waals surface area contributed by atoms with Crippen LogP contribution in [0.3, 0.4) is 0 Å². The molecule has 0 amide bonds. The fraction of sp³-hybridized carbons (Fsp3) is 0.0714. The molecule has 0 aliphatic rings. The zero-order chi connectivity index (χ0) is 15.0. The molecule has 0 saturated carbocycles. The zero-order valence-corrected chi connectivity index (χ0v) is 13.5. The maximum Gasteiger partial charge on any atom is 0.261 e. The Hall–Kier alpha value is -1.86. The number of fused-ring (bicyclic) bond motifs is 1. The molecule has 0 radical (unpaired) electrons. The van der Waals surface area contributed by atoms with Gasteiger partial charge in [0.1, 0.15) is 4.60 Å². The summed E-state index contributed by atoms with van der Waals surface area (Å²) in [5.74, 6) is 0. The molecule has 108 valence electrons. The van der Waals surface area contributed by atoms with Crippen molar-refractivity contribution in [2.24, 2.45) is 0 Å². The molecule has 2 N–H and O–H groups in total. The summed E-state index contributed by atoms with van der Waals surface area (Å²) in [6.07, 6.45) is 0. The van der Waals surface area contributed by atoms with Crippen LogP contribution in [0.2, 0.25) is 0 Å². The average Bonchev–Trinajstić information content (AvgIpc) is 2.80. The van der Waals surface area contributed by atoms with Crippen LogP contribution in [0.4, 0.5) is 5.69 Å². The lowest BCUT2D eigenvalue weighted by molar-refractivity contribution is 0.601. The maximum atomic E-state index is 12.3. The Morgan fingerprint density at radius 1 is 1.14 bits per heavy atom. The number of aryl methyl sites for hydroxylation is 1. The van der Waals surface area contributed by atoms with E-state index in [0.717, 1.165) is 16.5 Å². The SMILES string of the molecule is Cc1ccc(S(=O)(=O)Nc2ccc3n[nH]c(Br)c3c2)cc1. The molecule has 0 bridgehead atoms. The molecule has 0 unspecified atom stereocenters. The van der Waals surface area contributed by atoms with Gasteiger partial charge in [-0.05, 0) is 53.2 Å². The highest BCUT2D eigenvalue weighted by atomic mass is 79.9. The highest BCUT2D eigenvalue weighted by Gasteiger charge is 2.14. The van der Waals surface area contributed by atoms with E-state index >= 15 is 0 Å². The van der Waals surface area contributed by atoms with Crippen molar-refractivity contribution < 1.29 is 8.42 Å². The molecule has 0 aliphatic carbocycles. The zero-order valence-electron chi connectivity index (χ0n) is 11.1. The maximum absolute atomic E-state index is 12.3. The second-order valence-corrected chi connectivity index (χ2v) is 7.16. The van der Waals surface area contributed by atoms with Gasteiger partial charge in [0.05, 0.1) is 10.4 Å². The summed E-state index contributed by atoms with van der Waals surface area (Å²) >= 11 is 3.34. The molecular weight excluding hydrogens is 354 g/mol. The van der Waals surface area contributed by atoms with Crippen LogP contribution in [-0.4, -0.2) is 18.6 Å². The van der Waals surface area contributed by atoms with Crippen molar-refractivity contribution in [2.75, 3.05) is 4.72 Å². The van der Waals surface area contributed by atoms with Crippen LogP contribution < -0.4 is 4.72 Å². The number of anilines is 1. The van der Waals surface area contributed by atoms with Crippen molar-refractivity contribution in [1.29, 1.82) is 0 Å². The minimum atomic E-state index is -3.59. The van der Waals surface area contributed by atoms with Gasteiger partial charge >= 0.3 is 0 Å². The van der Waals surface area contributed by atoms with Gasteiger partial charge in [0, 0.05) is 11.1 Å². The van der Waals surface area contributed by atoms with E-state index in [0.29, 0.717) is 10.3 Å². The van der Waals surface area contributed by atoms with Crippen molar-refractivity contribution >= 4 is 42.5 Å². The third-order valence-corrected chi connectivity index (χ3v) is 5.09. The van der Waals surface area contributed by atoms with Crippen molar-refractivity contribution in [1.82, 2.24) is 10.2 Å². The predicted octanol–water partition coefficient (Wildman–Crippen LogP) is 3.43. The number of hydrogen-bond donors (Lipinski definition) is 2. The van der Waals surface area contributed by atoms with Gasteiger partial charge in [0.2, 0.25) is 0 Å². The van der Waals surface area contributed by atoms with Crippen molar-refractivity contribution in [3.8, 4) is 0 Å². The van der Waals surface area contributed by atoms with Gasteiger partial charge in [-0.3, -0.25) is 9.82 Å². The van der Waals surface area contributed by atoms with Gasteiger partial charge in [-0.1, -0.05) is 17.7 Å². The summed E-state index contributed by atoms with van der Waals surface area (Å²) < 4.78 is 27.9. The number of aromatic amines is 1. The van der Waals surface area contributed by atoms with E-state index < -0.39 is 10.0 Å². The first-order valence-corrected chi connectivity index (χ1v) is 8.46. The highest BCUT2D eigenvalue weighted by Crippen LogP contribution is 2.25. The Labute approximate surface area is 130 Å². The van der Waals surface area contributed by atoms with E-state index in [-0.39, 0.29) is 4.90 Å². The van der Waals surface area contributed by atoms with Crippen LogP contribution in [0.25, 0.3) is 10.9 Å². The number of sulfonamides is 1. The normalized spacial score (nSPS) is 11.7. The molecule has 1 aromatic heterocycles. The fourth-order valence-electron chi connectivity index (χ4n) is 1.97. The summed E-state index contributed by atoms with van der Waals surface area (Å²) in [4.78, 5) is 0.236. The first-order valence-electron chi connectivity index (χ1n) is 6.19. The van der Waals surface area contributed by atoms with Gasteiger partial charge in [-0.2, -0.15) is 5.10 Å². The minimum Gasteiger partial charge on any atom is -0.280 e. The number of benzene rings is 2. The largest absolute Gasteiger partial charge is 0.280 e. The van der Waals surface area contributed by atoms with Gasteiger partial charge in [-0.25, -0.2) is 8.42 Å². The van der Waals surface area contributed by atoms with E-state index in [4.69, 9.17) is 0 Å². The fourth-order valence-corrected chi connectivity index (χ4v) is 3.43. The number of nitrogens with one attached hydrogen (secondary N) is 2. The summed E-state index contributed by atoms with van der Waals surface area (Å²) in [6, 6.07) is 11.9. The molecule has 0 fully saturated rings. The number of nitrogens with zero attached hydrogens (tertiary/aromatic N) is 1. The molecule has 0 atom stereocenters. The second-order valence-electron chi connectivity index (χ2n) is 4.69. The topological polar surface area (TPSA) is 74.8 Å². The second kappa shape index (κ2) is 5.16. The van der Waals surface area contributed by atoms with Gasteiger partial charge in [0.15, 0.2) is 0 Å². The monoisotopic (exact) mass is 365 g/mol. The standard InChI is InChI=1S/C14H12BrN3O2S/c1-9-2-5-11(6-3-9)21(19,20)18-10-4-7-13-12(8-10)14(15)17-16-13/h2-8,18H,1H3,(H,16,17). The molecular formula is C14H12BrN3O2S. The van der Waals surface area contributed by atoms with Gasteiger partial charge in [0.25, 0.3) is 10.0 Å². The van der Waals surface area contributed by atoms with E-state index in [1.165, 1.54) is 0 Å². The third-order valence-electron chi connectivity index (χ3n) is 3.09. The Bertz CT molecular complexity index is 902. The molecule has 5 nitrogen and oxygen atoms in total. The Balaban J connectivity index is 1.96. The molecule has 0 spiro atoms. The molecule has 21 heavy (non-hydrogen) atoms. The van der Waals surface area contributed by atoms with Crippen LogP contribution in [0, 0.1) is 6.92 Å². The van der Waals surface area contributed by atoms with E-state index in [9.17, 15) is 8.42 Å². The Morgan fingerprint density at radius 3 is 2.57 bits per heavy atom. The summed E-state index contributed by atoms with van der Waals surface area (Å²) in [5, 5.41) is 7.69. The molecule has 1 heterocycles. The van der Waals surface area contributed by atoms with Crippen LogP contribution in [0.1, 0.15) is 5.56 Å². The quantitative estimate of drug-likeness (QED) is 0.746. The lowest BCUT2D eigenvalue weighted by atomic mass is 10.2. The minimum absolute atomic E-state index is 0.236. The van der Waals surface area contributed by atoms with E-state index in [1.807, 2.05) is 6.92 Å². The average molecular weight is 366 g/mol. The highest BCUT2D eigenvalue weighted by molar-refractivity contribution is 9.10. The van der Waals surface area contributed by atoms with Crippen LogP contribution >= 0.6 is 15.9 Å². The molecule has 2 aromatic carbocycles. The van der Waals surface area contributed by atoms with Crippen LogP contribution in [-0.2, 0) is 10.0 Å². The van der Waals surface area contributed by atoms with E-state index in [1.54, 1.807) is 42.5 Å². The molecule has 3 rings (SSSR count). The predicted molar refractivity (Wildman–Crippen MR) is 85.8 cm³/mol. The summed E-state index contributed by atoms with van der Waals surface area (Å²) in [7, 11) is -3.59. The number of aromatic nitrogens is 2. The lowest BCUT2D eigenvalue weighted by Crippen LogP contribution is -2.12. The Morgan fingerprint density at radius 2 is 1.86 bits per heavy atom. The first-order chi connectivity index (χ1) is 9.95. The number of halogens is 1. The number of H-pyrrole nitrogens is 1. The van der Waals surface area contributed by atoms with Crippen molar-refractivity contribution in [3.05, 3.63) is 52.6 Å². The first kappa shape index (κ1) is 14.1. The summed E-state index contributed by atoms with van der Waals surface area (Å²) in [5.41, 5.74) is 2.27. The summed E-state index contributed by atoms with van der Waals surface area (Å²) in [6.45, 7) is 1.91. The van der Waals surface area contributed by atoms with E-state index in [2.05, 4.69) is 30.8 Å². The van der Waals surface area contributed by atoms with Crippen molar-refractivity contribution in [3.63, 3.8) is 0 Å². The van der Waals surface area contributed by atoms with Crippen molar-refractivity contribution in [2.45, 2.75) is 11.8 Å².